The minimum Gasteiger partial charge on any atom is -0.502 e. The van der Waals surface area contributed by atoms with Gasteiger partial charge >= 0.3 is 0 Å². The topological polar surface area (TPSA) is 141 Å². The van der Waals surface area contributed by atoms with Gasteiger partial charge in [-0.25, -0.2) is 0 Å². The summed E-state index contributed by atoms with van der Waals surface area (Å²) in [4.78, 5) is 24.0. The lowest BCUT2D eigenvalue weighted by Crippen LogP contribution is -2.21. The van der Waals surface area contributed by atoms with Crippen molar-refractivity contribution in [2.24, 2.45) is 10.8 Å². The Morgan fingerprint density at radius 2 is 1.00 bits per heavy atom. The molecule has 2 rings (SSSR count). The Bertz CT molecular complexity index is 996. The van der Waals surface area contributed by atoms with Crippen molar-refractivity contribution in [1.82, 2.24) is 0 Å². The van der Waals surface area contributed by atoms with Gasteiger partial charge in [0.2, 0.25) is 10.9 Å². The molecule has 0 aliphatic carbocycles. The first kappa shape index (κ1) is 30.6. The first-order valence-corrected chi connectivity index (χ1v) is 13.2. The monoisotopic (exact) mass is 520 g/mol. The molecular formula is C29H44O8. The molecule has 8 heteroatoms. The Morgan fingerprint density at radius 1 is 0.649 bits per heavy atom. The van der Waals surface area contributed by atoms with Gasteiger partial charge in [0, 0.05) is 11.1 Å². The number of aliphatic hydroxyl groups excluding tert-OH is 2. The van der Waals surface area contributed by atoms with Crippen molar-refractivity contribution in [2.75, 3.05) is 0 Å². The van der Waals surface area contributed by atoms with Gasteiger partial charge in [-0.15, -0.1) is 0 Å². The number of aliphatic hydroxyl groups is 2. The van der Waals surface area contributed by atoms with Crippen molar-refractivity contribution in [3.63, 3.8) is 0 Å². The Balaban J connectivity index is 1.62. The van der Waals surface area contributed by atoms with E-state index in [-0.39, 0.29) is 22.3 Å². The van der Waals surface area contributed by atoms with Gasteiger partial charge in [0.15, 0.2) is 11.5 Å². The third kappa shape index (κ3) is 10.7. The smallest absolute Gasteiger partial charge is 0.229 e. The minimum atomic E-state index is -0.429. The zero-order valence-electron chi connectivity index (χ0n) is 22.7. The predicted molar refractivity (Wildman–Crippen MR) is 142 cm³/mol. The van der Waals surface area contributed by atoms with Gasteiger partial charge in [0.1, 0.15) is 12.5 Å². The van der Waals surface area contributed by atoms with Crippen molar-refractivity contribution in [3.8, 4) is 11.5 Å². The van der Waals surface area contributed by atoms with Gasteiger partial charge in [0.25, 0.3) is 0 Å². The molecule has 0 saturated heterocycles. The maximum atomic E-state index is 12.0. The summed E-state index contributed by atoms with van der Waals surface area (Å²) in [7, 11) is 0. The van der Waals surface area contributed by atoms with E-state index >= 15 is 0 Å². The largest absolute Gasteiger partial charge is 0.502 e. The van der Waals surface area contributed by atoms with Gasteiger partial charge in [0.05, 0.1) is 24.7 Å². The molecule has 0 bridgehead atoms. The van der Waals surface area contributed by atoms with E-state index in [2.05, 4.69) is 27.7 Å². The molecule has 0 aromatic carbocycles. The van der Waals surface area contributed by atoms with E-state index in [0.29, 0.717) is 49.7 Å². The van der Waals surface area contributed by atoms with E-state index in [1.807, 2.05) is 0 Å². The van der Waals surface area contributed by atoms with Crippen LogP contribution in [-0.4, -0.2) is 32.6 Å². The van der Waals surface area contributed by atoms with Gasteiger partial charge in [-0.1, -0.05) is 40.5 Å². The summed E-state index contributed by atoms with van der Waals surface area (Å²) in [6.07, 6.45) is 11.6. The van der Waals surface area contributed by atoms with Crippen molar-refractivity contribution < 1.29 is 29.3 Å². The summed E-state index contributed by atoms with van der Waals surface area (Å²) in [5, 5.41) is 39.8. The first-order valence-electron chi connectivity index (χ1n) is 13.2. The van der Waals surface area contributed by atoms with Crippen LogP contribution < -0.4 is 10.9 Å². The van der Waals surface area contributed by atoms with Crippen LogP contribution in [-0.2, 0) is 12.8 Å². The SMILES string of the molecule is CC(C)(CCCC(O)CCCC(O)CCCC(C)(C)Cc1cocc(O)c1=O)Cc1cocc(O)c1=O. The van der Waals surface area contributed by atoms with Crippen LogP contribution in [0.5, 0.6) is 11.5 Å². The third-order valence-electron chi connectivity index (χ3n) is 7.02. The molecule has 208 valence electrons. The van der Waals surface area contributed by atoms with Crippen LogP contribution in [0, 0.1) is 10.8 Å². The zero-order chi connectivity index (χ0) is 27.6. The van der Waals surface area contributed by atoms with E-state index in [1.54, 1.807) is 0 Å². The molecular weight excluding hydrogens is 476 g/mol. The second kappa shape index (κ2) is 13.8. The normalized spacial score (nSPS) is 14.0. The van der Waals surface area contributed by atoms with E-state index in [0.717, 1.165) is 44.6 Å². The molecule has 0 aliphatic rings. The van der Waals surface area contributed by atoms with Crippen LogP contribution in [0.25, 0.3) is 0 Å². The standard InChI is InChI=1S/C29H44O8/c1-28(2,14-20-16-36-18-24(32)26(20)34)12-6-10-22(30)8-5-9-23(31)11-7-13-29(3,4)15-21-17-37-19-25(33)27(21)35/h16-19,22-23,30-33H,5-15H2,1-4H3. The molecule has 2 heterocycles. The molecule has 0 aliphatic heterocycles. The van der Waals surface area contributed by atoms with Gasteiger partial charge in [-0.3, -0.25) is 9.59 Å². The number of aromatic hydroxyl groups is 2. The van der Waals surface area contributed by atoms with Crippen molar-refractivity contribution in [2.45, 2.75) is 111 Å². The number of rotatable bonds is 16. The van der Waals surface area contributed by atoms with Crippen LogP contribution in [0.2, 0.25) is 0 Å². The fourth-order valence-electron chi connectivity index (χ4n) is 4.87. The van der Waals surface area contributed by atoms with Crippen LogP contribution >= 0.6 is 0 Å². The zero-order valence-corrected chi connectivity index (χ0v) is 22.7. The molecule has 0 saturated carbocycles. The highest BCUT2D eigenvalue weighted by Gasteiger charge is 2.23. The van der Waals surface area contributed by atoms with E-state index in [9.17, 15) is 30.0 Å². The Morgan fingerprint density at radius 3 is 1.38 bits per heavy atom. The average Bonchev–Trinajstić information content (AvgIpc) is 2.79. The van der Waals surface area contributed by atoms with Crippen LogP contribution in [0.1, 0.15) is 96.6 Å². The molecule has 8 nitrogen and oxygen atoms in total. The second-order valence-corrected chi connectivity index (χ2v) is 11.9. The average molecular weight is 521 g/mol. The van der Waals surface area contributed by atoms with Crippen molar-refractivity contribution in [3.05, 3.63) is 56.6 Å². The highest BCUT2D eigenvalue weighted by atomic mass is 16.3. The number of hydrogen-bond donors (Lipinski definition) is 4. The summed E-state index contributed by atoms with van der Waals surface area (Å²) in [6.45, 7) is 8.22. The maximum Gasteiger partial charge on any atom is 0.229 e. The highest BCUT2D eigenvalue weighted by Crippen LogP contribution is 2.30. The van der Waals surface area contributed by atoms with Crippen LogP contribution in [0.15, 0.2) is 43.5 Å². The molecule has 0 amide bonds. The van der Waals surface area contributed by atoms with Crippen molar-refractivity contribution >= 4 is 0 Å². The van der Waals surface area contributed by atoms with Gasteiger partial charge in [-0.05, 0) is 68.6 Å². The highest BCUT2D eigenvalue weighted by molar-refractivity contribution is 5.22. The molecule has 4 N–H and O–H groups in total. The maximum absolute atomic E-state index is 12.0. The molecule has 2 atom stereocenters. The fourth-order valence-corrected chi connectivity index (χ4v) is 4.87. The van der Waals surface area contributed by atoms with E-state index in [1.165, 1.54) is 12.5 Å². The van der Waals surface area contributed by atoms with E-state index in [4.69, 9.17) is 8.83 Å². The Hall–Kier alpha value is -2.58. The minimum absolute atomic E-state index is 0.170. The lowest BCUT2D eigenvalue weighted by molar-refractivity contribution is 0.116. The molecule has 0 fully saturated rings. The molecule has 2 unspecified atom stereocenters. The van der Waals surface area contributed by atoms with Crippen molar-refractivity contribution in [1.29, 1.82) is 0 Å². The third-order valence-corrected chi connectivity index (χ3v) is 7.02. The predicted octanol–water partition coefficient (Wildman–Crippen LogP) is 5.07. The molecule has 0 radical (unpaired) electrons. The number of hydrogen-bond acceptors (Lipinski definition) is 8. The summed E-state index contributed by atoms with van der Waals surface area (Å²) in [6, 6.07) is 0. The molecule has 37 heavy (non-hydrogen) atoms. The molecule has 2 aromatic rings. The van der Waals surface area contributed by atoms with Gasteiger partial charge < -0.3 is 29.3 Å². The quantitative estimate of drug-likeness (QED) is 0.240. The Kier molecular flexibility index (Phi) is 11.4. The van der Waals surface area contributed by atoms with Crippen LogP contribution in [0.4, 0.5) is 0 Å². The molecule has 2 aromatic heterocycles. The summed E-state index contributed by atoms with van der Waals surface area (Å²) in [5.41, 5.74) is -0.231. The fraction of sp³-hybridized carbons (Fsp3) is 0.655. The lowest BCUT2D eigenvalue weighted by Gasteiger charge is -2.25. The summed E-state index contributed by atoms with van der Waals surface area (Å²) >= 11 is 0. The summed E-state index contributed by atoms with van der Waals surface area (Å²) < 4.78 is 10.0. The van der Waals surface area contributed by atoms with Crippen LogP contribution in [0.3, 0.4) is 0 Å². The lowest BCUT2D eigenvalue weighted by atomic mass is 9.81. The summed E-state index contributed by atoms with van der Waals surface area (Å²) in [5.74, 6) is -0.755. The second-order valence-electron chi connectivity index (χ2n) is 11.9. The first-order chi connectivity index (χ1) is 17.3. The molecule has 0 spiro atoms. The van der Waals surface area contributed by atoms with E-state index < -0.39 is 23.1 Å². The Labute approximate surface area is 219 Å². The van der Waals surface area contributed by atoms with Gasteiger partial charge in [-0.2, -0.15) is 0 Å².